The first kappa shape index (κ1) is 12.2. The molecule has 88 valence electrons. The van der Waals surface area contributed by atoms with Gasteiger partial charge in [0.1, 0.15) is 11.6 Å². The van der Waals surface area contributed by atoms with E-state index < -0.39 is 4.92 Å². The largest absolute Gasteiger partial charge is 0.383 e. The van der Waals surface area contributed by atoms with Gasteiger partial charge >= 0.3 is 0 Å². The molecule has 6 heteroatoms. The Balaban J connectivity index is 2.91. The lowest BCUT2D eigenvalue weighted by Gasteiger charge is -2.17. The zero-order chi connectivity index (χ0) is 12.1. The molecular weight excluding hydrogens is 208 g/mol. The van der Waals surface area contributed by atoms with Gasteiger partial charge in [-0.15, -0.1) is 0 Å². The highest BCUT2D eigenvalue weighted by atomic mass is 16.6. The summed E-state index contributed by atoms with van der Waals surface area (Å²) in [4.78, 5) is 16.1. The third-order valence-electron chi connectivity index (χ3n) is 2.27. The van der Waals surface area contributed by atoms with Crippen LogP contribution in [0, 0.1) is 10.1 Å². The van der Waals surface area contributed by atoms with Crippen LogP contribution in [0.15, 0.2) is 12.1 Å². The van der Waals surface area contributed by atoms with Crippen molar-refractivity contribution < 1.29 is 4.92 Å². The van der Waals surface area contributed by atoms with Gasteiger partial charge in [-0.05, 0) is 6.42 Å². The molecule has 1 heterocycles. The Morgan fingerprint density at radius 3 is 2.81 bits per heavy atom. The maximum absolute atomic E-state index is 10.6. The van der Waals surface area contributed by atoms with Gasteiger partial charge in [0.25, 0.3) is 5.69 Å². The Kier molecular flexibility index (Phi) is 4.04. The smallest absolute Gasteiger partial charge is 0.276 e. The Hall–Kier alpha value is -1.85. The zero-order valence-electron chi connectivity index (χ0n) is 9.51. The molecule has 0 radical (unpaired) electrons. The topological polar surface area (TPSA) is 85.3 Å². The summed E-state index contributed by atoms with van der Waals surface area (Å²) in [5.74, 6) is 0.715. The Morgan fingerprint density at radius 1 is 1.56 bits per heavy atom. The van der Waals surface area contributed by atoms with Gasteiger partial charge in [0.05, 0.1) is 17.1 Å². The van der Waals surface area contributed by atoms with Crippen molar-refractivity contribution >= 4 is 17.3 Å². The Morgan fingerprint density at radius 2 is 2.25 bits per heavy atom. The van der Waals surface area contributed by atoms with Gasteiger partial charge in [-0.3, -0.25) is 10.1 Å². The van der Waals surface area contributed by atoms with Crippen molar-refractivity contribution in [2.75, 3.05) is 24.2 Å². The van der Waals surface area contributed by atoms with Crippen molar-refractivity contribution in [1.82, 2.24) is 4.98 Å². The van der Waals surface area contributed by atoms with Crippen LogP contribution in [0.2, 0.25) is 0 Å². The van der Waals surface area contributed by atoms with E-state index in [-0.39, 0.29) is 11.5 Å². The van der Waals surface area contributed by atoms with Crippen LogP contribution in [0.1, 0.15) is 19.8 Å². The van der Waals surface area contributed by atoms with E-state index in [0.717, 1.165) is 19.4 Å². The monoisotopic (exact) mass is 224 g/mol. The first-order valence-electron chi connectivity index (χ1n) is 5.17. The molecule has 0 aromatic carbocycles. The number of aromatic nitrogens is 1. The summed E-state index contributed by atoms with van der Waals surface area (Å²) >= 11 is 0. The predicted molar refractivity (Wildman–Crippen MR) is 63.5 cm³/mol. The summed E-state index contributed by atoms with van der Waals surface area (Å²) in [6.45, 7) is 2.90. The maximum Gasteiger partial charge on any atom is 0.276 e. The molecule has 0 atom stereocenters. The third-order valence-corrected chi connectivity index (χ3v) is 2.27. The van der Waals surface area contributed by atoms with Crippen LogP contribution >= 0.6 is 0 Å². The number of nitrogens with two attached hydrogens (primary N) is 1. The molecule has 0 saturated carbocycles. The van der Waals surface area contributed by atoms with Crippen LogP contribution in [0.4, 0.5) is 17.3 Å². The molecule has 6 nitrogen and oxygen atoms in total. The summed E-state index contributed by atoms with van der Waals surface area (Å²) in [6.07, 6.45) is 2.08. The van der Waals surface area contributed by atoms with Gasteiger partial charge in [-0.25, -0.2) is 4.98 Å². The van der Waals surface area contributed by atoms with Gasteiger partial charge in [0, 0.05) is 13.6 Å². The van der Waals surface area contributed by atoms with Crippen LogP contribution in [0.5, 0.6) is 0 Å². The minimum absolute atomic E-state index is 0.0224. The standard InChI is InChI=1S/C10H16N4O2/c1-3-4-5-13(2)10-7-8(14(15)16)6-9(11)12-10/h6-7H,3-5H2,1-2H3,(H2,11,12). The molecule has 0 aliphatic heterocycles. The van der Waals surface area contributed by atoms with E-state index in [1.807, 2.05) is 11.9 Å². The highest BCUT2D eigenvalue weighted by molar-refractivity contribution is 5.53. The van der Waals surface area contributed by atoms with Crippen molar-refractivity contribution in [3.63, 3.8) is 0 Å². The van der Waals surface area contributed by atoms with Crippen LogP contribution < -0.4 is 10.6 Å². The summed E-state index contributed by atoms with van der Waals surface area (Å²) in [7, 11) is 1.85. The minimum atomic E-state index is -0.463. The highest BCUT2D eigenvalue weighted by Crippen LogP contribution is 2.21. The van der Waals surface area contributed by atoms with Gasteiger partial charge in [0.15, 0.2) is 0 Å². The van der Waals surface area contributed by atoms with Gasteiger partial charge < -0.3 is 10.6 Å². The molecule has 0 aliphatic carbocycles. The second-order valence-corrected chi connectivity index (χ2v) is 3.64. The molecule has 0 fully saturated rings. The first-order chi connectivity index (χ1) is 7.54. The van der Waals surface area contributed by atoms with Gasteiger partial charge in [0.2, 0.25) is 0 Å². The van der Waals surface area contributed by atoms with E-state index in [2.05, 4.69) is 11.9 Å². The molecule has 16 heavy (non-hydrogen) atoms. The SMILES string of the molecule is CCCCN(C)c1cc([N+](=O)[O-])cc(N)n1. The third kappa shape index (κ3) is 3.08. The van der Waals surface area contributed by atoms with Crippen molar-refractivity contribution in [2.24, 2.45) is 0 Å². The minimum Gasteiger partial charge on any atom is -0.383 e. The lowest BCUT2D eigenvalue weighted by Crippen LogP contribution is -2.20. The van der Waals surface area contributed by atoms with Gasteiger partial charge in [-0.1, -0.05) is 13.3 Å². The molecule has 0 amide bonds. The quantitative estimate of drug-likeness (QED) is 0.609. The van der Waals surface area contributed by atoms with Crippen LogP contribution in [-0.4, -0.2) is 23.5 Å². The normalized spacial score (nSPS) is 10.1. The van der Waals surface area contributed by atoms with Crippen LogP contribution in [0.25, 0.3) is 0 Å². The van der Waals surface area contributed by atoms with Crippen LogP contribution in [-0.2, 0) is 0 Å². The molecule has 0 saturated heterocycles. The lowest BCUT2D eigenvalue weighted by molar-refractivity contribution is -0.384. The maximum atomic E-state index is 10.6. The molecule has 1 rings (SSSR count). The van der Waals surface area contributed by atoms with E-state index in [9.17, 15) is 10.1 Å². The number of unbranched alkanes of at least 4 members (excludes halogenated alkanes) is 1. The number of rotatable bonds is 5. The second kappa shape index (κ2) is 5.29. The van der Waals surface area contributed by atoms with E-state index in [1.165, 1.54) is 12.1 Å². The average molecular weight is 224 g/mol. The fourth-order valence-corrected chi connectivity index (χ4v) is 1.33. The van der Waals surface area contributed by atoms with E-state index in [4.69, 9.17) is 5.73 Å². The molecule has 0 aliphatic rings. The average Bonchev–Trinajstić information content (AvgIpc) is 2.24. The van der Waals surface area contributed by atoms with Crippen molar-refractivity contribution in [3.8, 4) is 0 Å². The number of nitrogen functional groups attached to an aromatic ring is 1. The number of hydrogen-bond donors (Lipinski definition) is 1. The lowest BCUT2D eigenvalue weighted by atomic mass is 10.3. The molecule has 0 spiro atoms. The summed E-state index contributed by atoms with van der Waals surface area (Å²) < 4.78 is 0. The molecule has 0 unspecified atom stereocenters. The number of nitrogens with zero attached hydrogens (tertiary/aromatic N) is 3. The molecule has 1 aromatic heterocycles. The fourth-order valence-electron chi connectivity index (χ4n) is 1.33. The number of pyridine rings is 1. The second-order valence-electron chi connectivity index (χ2n) is 3.64. The number of hydrogen-bond acceptors (Lipinski definition) is 5. The number of nitro groups is 1. The fraction of sp³-hybridized carbons (Fsp3) is 0.500. The summed E-state index contributed by atoms with van der Waals surface area (Å²) in [6, 6.07) is 2.70. The van der Waals surface area contributed by atoms with Crippen LogP contribution in [0.3, 0.4) is 0 Å². The zero-order valence-corrected chi connectivity index (χ0v) is 9.51. The number of anilines is 2. The summed E-state index contributed by atoms with van der Waals surface area (Å²) in [5, 5.41) is 10.6. The molecule has 0 bridgehead atoms. The molecular formula is C10H16N4O2. The Labute approximate surface area is 94.2 Å². The molecule has 1 aromatic rings. The Bertz CT molecular complexity index is 381. The summed E-state index contributed by atoms with van der Waals surface area (Å²) in [5.41, 5.74) is 5.50. The van der Waals surface area contributed by atoms with Crippen molar-refractivity contribution in [2.45, 2.75) is 19.8 Å². The predicted octanol–water partition coefficient (Wildman–Crippen LogP) is 1.81. The van der Waals surface area contributed by atoms with E-state index in [0.29, 0.717) is 5.82 Å². The first-order valence-corrected chi connectivity index (χ1v) is 5.17. The van der Waals surface area contributed by atoms with Crippen molar-refractivity contribution in [3.05, 3.63) is 22.2 Å². The van der Waals surface area contributed by atoms with Crippen molar-refractivity contribution in [1.29, 1.82) is 0 Å². The van der Waals surface area contributed by atoms with Gasteiger partial charge in [-0.2, -0.15) is 0 Å². The van der Waals surface area contributed by atoms with E-state index >= 15 is 0 Å². The highest BCUT2D eigenvalue weighted by Gasteiger charge is 2.12. The van der Waals surface area contributed by atoms with E-state index in [1.54, 1.807) is 0 Å². The molecule has 2 N–H and O–H groups in total.